The summed E-state index contributed by atoms with van der Waals surface area (Å²) in [4.78, 5) is 3.81. The highest BCUT2D eigenvalue weighted by Crippen LogP contribution is 1.82. The van der Waals surface area contributed by atoms with Crippen LogP contribution in [0.25, 0.3) is 0 Å². The van der Waals surface area contributed by atoms with E-state index in [1.807, 2.05) is 0 Å². The summed E-state index contributed by atoms with van der Waals surface area (Å²) in [6.07, 6.45) is 3.18. The molecular formula is C7H13N3O2. The Bertz CT molecular complexity index is 189. The van der Waals surface area contributed by atoms with E-state index >= 15 is 0 Å². The van der Waals surface area contributed by atoms with Gasteiger partial charge < -0.3 is 9.47 Å². The molecule has 0 aliphatic heterocycles. The van der Waals surface area contributed by atoms with E-state index in [1.54, 1.807) is 18.1 Å². The molecule has 0 atom stereocenters. The van der Waals surface area contributed by atoms with Crippen LogP contribution in [0.3, 0.4) is 0 Å². The molecule has 0 fully saturated rings. The summed E-state index contributed by atoms with van der Waals surface area (Å²) in [5, 5.41) is 3.93. The van der Waals surface area contributed by atoms with Crippen LogP contribution >= 0.6 is 0 Å². The van der Waals surface area contributed by atoms with Gasteiger partial charge in [0.2, 0.25) is 0 Å². The molecule has 0 radical (unpaired) electrons. The maximum atomic E-state index is 5.23. The lowest BCUT2D eigenvalue weighted by Crippen LogP contribution is -2.09. The maximum absolute atomic E-state index is 5.23. The predicted octanol–water partition coefficient (Wildman–Crippen LogP) is -0.0589. The molecule has 1 rings (SSSR count). The van der Waals surface area contributed by atoms with Crippen molar-refractivity contribution in [1.82, 2.24) is 14.8 Å². The first kappa shape index (κ1) is 9.15. The summed E-state index contributed by atoms with van der Waals surface area (Å²) in [6, 6.07) is 0. The van der Waals surface area contributed by atoms with Gasteiger partial charge >= 0.3 is 0 Å². The minimum Gasteiger partial charge on any atom is -0.382 e. The van der Waals surface area contributed by atoms with E-state index in [2.05, 4.69) is 10.1 Å². The van der Waals surface area contributed by atoms with E-state index < -0.39 is 0 Å². The van der Waals surface area contributed by atoms with Gasteiger partial charge in [0.1, 0.15) is 12.7 Å². The van der Waals surface area contributed by atoms with Gasteiger partial charge in [-0.2, -0.15) is 5.10 Å². The van der Waals surface area contributed by atoms with Gasteiger partial charge in [-0.1, -0.05) is 0 Å². The van der Waals surface area contributed by atoms with Gasteiger partial charge in [-0.3, -0.25) is 4.68 Å². The van der Waals surface area contributed by atoms with E-state index in [0.717, 1.165) is 6.54 Å². The zero-order valence-electron chi connectivity index (χ0n) is 7.14. The predicted molar refractivity (Wildman–Crippen MR) is 42.7 cm³/mol. The number of aromatic nitrogens is 3. The fourth-order valence-electron chi connectivity index (χ4n) is 0.751. The number of nitrogens with zero attached hydrogens (tertiary/aromatic N) is 3. The highest BCUT2D eigenvalue weighted by molar-refractivity contribution is 4.54. The number of hydrogen-bond donors (Lipinski definition) is 0. The third kappa shape index (κ3) is 3.45. The summed E-state index contributed by atoms with van der Waals surface area (Å²) in [7, 11) is 1.65. The zero-order chi connectivity index (χ0) is 8.65. The minimum atomic E-state index is 0.630. The third-order valence-corrected chi connectivity index (χ3v) is 1.36. The van der Waals surface area contributed by atoms with Crippen molar-refractivity contribution in [2.24, 2.45) is 0 Å². The Morgan fingerprint density at radius 2 is 2.25 bits per heavy atom. The number of ether oxygens (including phenoxy) is 2. The van der Waals surface area contributed by atoms with Gasteiger partial charge in [0.05, 0.1) is 26.4 Å². The van der Waals surface area contributed by atoms with Gasteiger partial charge in [-0.25, -0.2) is 4.98 Å². The largest absolute Gasteiger partial charge is 0.382 e. The molecule has 5 nitrogen and oxygen atoms in total. The Kier molecular flexibility index (Phi) is 4.33. The van der Waals surface area contributed by atoms with E-state index in [-0.39, 0.29) is 0 Å². The second kappa shape index (κ2) is 5.68. The van der Waals surface area contributed by atoms with Crippen LogP contribution in [0.2, 0.25) is 0 Å². The van der Waals surface area contributed by atoms with Crippen LogP contribution in [0.4, 0.5) is 0 Å². The van der Waals surface area contributed by atoms with Crippen molar-refractivity contribution < 1.29 is 9.47 Å². The summed E-state index contributed by atoms with van der Waals surface area (Å²) in [5.41, 5.74) is 0. The average molecular weight is 171 g/mol. The molecule has 0 aromatic carbocycles. The van der Waals surface area contributed by atoms with Gasteiger partial charge in [-0.15, -0.1) is 0 Å². The van der Waals surface area contributed by atoms with Gasteiger partial charge in [-0.05, 0) is 0 Å². The average Bonchev–Trinajstić information content (AvgIpc) is 2.57. The number of rotatable bonds is 6. The van der Waals surface area contributed by atoms with Crippen LogP contribution in [-0.2, 0) is 16.0 Å². The minimum absolute atomic E-state index is 0.630. The first-order valence-electron chi connectivity index (χ1n) is 3.82. The molecule has 0 saturated carbocycles. The summed E-state index contributed by atoms with van der Waals surface area (Å²) in [6.45, 7) is 2.65. The summed E-state index contributed by atoms with van der Waals surface area (Å²) < 4.78 is 11.8. The monoisotopic (exact) mass is 171 g/mol. The van der Waals surface area contributed by atoms with Gasteiger partial charge in [0, 0.05) is 7.11 Å². The lowest BCUT2D eigenvalue weighted by molar-refractivity contribution is 0.0654. The normalized spacial score (nSPS) is 10.4. The van der Waals surface area contributed by atoms with Crippen LogP contribution in [0.15, 0.2) is 12.7 Å². The molecule has 0 aliphatic rings. The molecule has 0 saturated heterocycles. The number of methoxy groups -OCH3 is 1. The van der Waals surface area contributed by atoms with E-state index in [9.17, 15) is 0 Å². The Balaban J connectivity index is 1.96. The van der Waals surface area contributed by atoms with Crippen molar-refractivity contribution >= 4 is 0 Å². The van der Waals surface area contributed by atoms with Crippen molar-refractivity contribution in [1.29, 1.82) is 0 Å². The molecule has 1 aromatic rings. The highest BCUT2D eigenvalue weighted by Gasteiger charge is 1.90. The van der Waals surface area contributed by atoms with Crippen molar-refractivity contribution in [3.8, 4) is 0 Å². The highest BCUT2D eigenvalue weighted by atomic mass is 16.5. The Hall–Kier alpha value is -0.940. The molecule has 0 aliphatic carbocycles. The summed E-state index contributed by atoms with van der Waals surface area (Å²) in [5.74, 6) is 0. The first-order valence-corrected chi connectivity index (χ1v) is 3.82. The SMILES string of the molecule is COCCOCCn1cncn1. The molecule has 1 heterocycles. The van der Waals surface area contributed by atoms with Crippen LogP contribution in [-0.4, -0.2) is 41.7 Å². The van der Waals surface area contributed by atoms with E-state index in [4.69, 9.17) is 9.47 Å². The second-order valence-corrected chi connectivity index (χ2v) is 2.26. The molecule has 0 bridgehead atoms. The van der Waals surface area contributed by atoms with Crippen molar-refractivity contribution in [2.75, 3.05) is 26.9 Å². The third-order valence-electron chi connectivity index (χ3n) is 1.36. The van der Waals surface area contributed by atoms with Crippen molar-refractivity contribution in [3.63, 3.8) is 0 Å². The van der Waals surface area contributed by atoms with Crippen LogP contribution in [0.1, 0.15) is 0 Å². The van der Waals surface area contributed by atoms with Gasteiger partial charge in [0.15, 0.2) is 0 Å². The first-order chi connectivity index (χ1) is 5.93. The van der Waals surface area contributed by atoms with E-state index in [1.165, 1.54) is 6.33 Å². The molecular weight excluding hydrogens is 158 g/mol. The fraction of sp³-hybridized carbons (Fsp3) is 0.714. The van der Waals surface area contributed by atoms with Gasteiger partial charge in [0.25, 0.3) is 0 Å². The standard InChI is InChI=1S/C7H13N3O2/c1-11-4-5-12-3-2-10-7-8-6-9-10/h6-7H,2-5H2,1H3. The molecule has 68 valence electrons. The molecule has 12 heavy (non-hydrogen) atoms. The van der Waals surface area contributed by atoms with Crippen molar-refractivity contribution in [2.45, 2.75) is 6.54 Å². The van der Waals surface area contributed by atoms with Crippen LogP contribution in [0.5, 0.6) is 0 Å². The zero-order valence-corrected chi connectivity index (χ0v) is 7.14. The maximum Gasteiger partial charge on any atom is 0.137 e. The fourth-order valence-corrected chi connectivity index (χ4v) is 0.751. The Morgan fingerprint density at radius 1 is 1.33 bits per heavy atom. The molecule has 0 N–H and O–H groups in total. The molecule has 1 aromatic heterocycles. The quantitative estimate of drug-likeness (QED) is 0.563. The lowest BCUT2D eigenvalue weighted by Gasteiger charge is -2.02. The molecule has 0 spiro atoms. The second-order valence-electron chi connectivity index (χ2n) is 2.26. The lowest BCUT2D eigenvalue weighted by atomic mass is 10.7. The Labute approximate surface area is 71.3 Å². The summed E-state index contributed by atoms with van der Waals surface area (Å²) >= 11 is 0. The molecule has 0 unspecified atom stereocenters. The van der Waals surface area contributed by atoms with E-state index in [0.29, 0.717) is 19.8 Å². The van der Waals surface area contributed by atoms with Crippen LogP contribution < -0.4 is 0 Å². The van der Waals surface area contributed by atoms with Crippen molar-refractivity contribution in [3.05, 3.63) is 12.7 Å². The Morgan fingerprint density at radius 3 is 2.92 bits per heavy atom. The number of hydrogen-bond acceptors (Lipinski definition) is 4. The van der Waals surface area contributed by atoms with Crippen LogP contribution in [0, 0.1) is 0 Å². The molecule has 5 heteroatoms. The smallest absolute Gasteiger partial charge is 0.137 e. The molecule has 0 amide bonds. The topological polar surface area (TPSA) is 49.2 Å².